The van der Waals surface area contributed by atoms with Gasteiger partial charge in [0.05, 0.1) is 14.9 Å². The monoisotopic (exact) mass is 315 g/mol. The molecule has 1 N–H and O–H groups in total. The van der Waals surface area contributed by atoms with Gasteiger partial charge in [-0.05, 0) is 21.8 Å². The quantitative estimate of drug-likeness (QED) is 0.846. The number of thiazole rings is 1. The number of nitrogens with zero attached hydrogens (tertiary/aromatic N) is 2. The number of hydrogen-bond acceptors (Lipinski definition) is 4. The lowest BCUT2D eigenvalue weighted by molar-refractivity contribution is 0.807. The molecule has 2 heterocycles. The van der Waals surface area contributed by atoms with Gasteiger partial charge in [0.2, 0.25) is 0 Å². The zero-order valence-corrected chi connectivity index (χ0v) is 12.0. The molecule has 0 bridgehead atoms. The highest BCUT2D eigenvalue weighted by Gasteiger charge is 2.11. The SMILES string of the molecule is CC(C)c1[nH]c(-c2cncs2)nc(=S)c1Br. The molecular formula is C10H10BrN3S2. The van der Waals surface area contributed by atoms with Crippen molar-refractivity contribution < 1.29 is 0 Å². The maximum absolute atomic E-state index is 5.23. The average molecular weight is 316 g/mol. The molecule has 6 heteroatoms. The van der Waals surface area contributed by atoms with E-state index in [-0.39, 0.29) is 0 Å². The minimum absolute atomic E-state index is 0.366. The lowest BCUT2D eigenvalue weighted by atomic mass is 10.1. The van der Waals surface area contributed by atoms with Crippen LogP contribution in [0.15, 0.2) is 16.2 Å². The summed E-state index contributed by atoms with van der Waals surface area (Å²) in [5, 5.41) is 0. The van der Waals surface area contributed by atoms with Crippen LogP contribution in [0, 0.1) is 4.64 Å². The van der Waals surface area contributed by atoms with E-state index < -0.39 is 0 Å². The first kappa shape index (κ1) is 11.9. The molecule has 84 valence electrons. The summed E-state index contributed by atoms with van der Waals surface area (Å²) in [5.74, 6) is 1.16. The Morgan fingerprint density at radius 1 is 1.50 bits per heavy atom. The van der Waals surface area contributed by atoms with Gasteiger partial charge in [0.25, 0.3) is 0 Å². The highest BCUT2D eigenvalue weighted by Crippen LogP contribution is 2.27. The summed E-state index contributed by atoms with van der Waals surface area (Å²) in [5.41, 5.74) is 2.86. The number of aromatic nitrogens is 3. The second-order valence-corrected chi connectivity index (χ2v) is 5.70. The number of H-pyrrole nitrogens is 1. The third-order valence-electron chi connectivity index (χ3n) is 2.13. The van der Waals surface area contributed by atoms with Crippen molar-refractivity contribution >= 4 is 39.5 Å². The van der Waals surface area contributed by atoms with Crippen molar-refractivity contribution in [2.45, 2.75) is 19.8 Å². The maximum Gasteiger partial charge on any atom is 0.150 e. The molecule has 0 aliphatic heterocycles. The van der Waals surface area contributed by atoms with Gasteiger partial charge in [-0.3, -0.25) is 4.98 Å². The van der Waals surface area contributed by atoms with Gasteiger partial charge in [-0.25, -0.2) is 4.98 Å². The lowest BCUT2D eigenvalue weighted by Crippen LogP contribution is -1.99. The van der Waals surface area contributed by atoms with Crippen molar-refractivity contribution in [3.8, 4) is 10.7 Å². The topological polar surface area (TPSA) is 41.6 Å². The molecule has 0 aliphatic rings. The van der Waals surface area contributed by atoms with Gasteiger partial charge in [-0.15, -0.1) is 11.3 Å². The van der Waals surface area contributed by atoms with Crippen molar-refractivity contribution in [2.75, 3.05) is 0 Å². The van der Waals surface area contributed by atoms with Crippen LogP contribution in [-0.2, 0) is 0 Å². The second kappa shape index (κ2) is 4.73. The fourth-order valence-electron chi connectivity index (χ4n) is 1.32. The molecule has 0 spiro atoms. The number of aromatic amines is 1. The van der Waals surface area contributed by atoms with E-state index >= 15 is 0 Å². The summed E-state index contributed by atoms with van der Waals surface area (Å²) >= 11 is 10.2. The van der Waals surface area contributed by atoms with Gasteiger partial charge in [0.1, 0.15) is 4.64 Å². The first-order valence-corrected chi connectivity index (χ1v) is 6.86. The molecular weight excluding hydrogens is 306 g/mol. The molecule has 3 nitrogen and oxygen atoms in total. The van der Waals surface area contributed by atoms with Crippen LogP contribution in [0.1, 0.15) is 25.5 Å². The zero-order chi connectivity index (χ0) is 11.7. The third-order valence-corrected chi connectivity index (χ3v) is 4.27. The highest BCUT2D eigenvalue weighted by molar-refractivity contribution is 9.10. The molecule has 2 aromatic rings. The first-order valence-electron chi connectivity index (χ1n) is 4.78. The predicted octanol–water partition coefficient (Wildman–Crippen LogP) is 4.15. The fourth-order valence-corrected chi connectivity index (χ4v) is 2.74. The van der Waals surface area contributed by atoms with Crippen LogP contribution in [0.2, 0.25) is 0 Å². The molecule has 0 aliphatic carbocycles. The molecule has 0 radical (unpaired) electrons. The van der Waals surface area contributed by atoms with Crippen LogP contribution in [0.25, 0.3) is 10.7 Å². The van der Waals surface area contributed by atoms with Crippen molar-refractivity contribution in [2.24, 2.45) is 0 Å². The summed E-state index contributed by atoms with van der Waals surface area (Å²) < 4.78 is 1.47. The molecule has 2 aromatic heterocycles. The van der Waals surface area contributed by atoms with E-state index in [1.807, 2.05) is 0 Å². The summed E-state index contributed by atoms with van der Waals surface area (Å²) in [6, 6.07) is 0. The number of hydrogen-bond donors (Lipinski definition) is 1. The second-order valence-electron chi connectivity index (χ2n) is 3.64. The summed E-state index contributed by atoms with van der Waals surface area (Å²) in [7, 11) is 0. The predicted molar refractivity (Wildman–Crippen MR) is 72.3 cm³/mol. The van der Waals surface area contributed by atoms with Crippen molar-refractivity contribution in [3.63, 3.8) is 0 Å². The molecule has 2 rings (SSSR count). The molecule has 0 aromatic carbocycles. The Bertz CT molecular complexity index is 546. The van der Waals surface area contributed by atoms with Crippen LogP contribution in [0.4, 0.5) is 0 Å². The third kappa shape index (κ3) is 2.23. The van der Waals surface area contributed by atoms with Crippen LogP contribution in [0.3, 0.4) is 0 Å². The molecule has 0 atom stereocenters. The Hall–Kier alpha value is -0.590. The molecule has 0 fully saturated rings. The van der Waals surface area contributed by atoms with Gasteiger partial charge < -0.3 is 4.98 Å². The van der Waals surface area contributed by atoms with Crippen molar-refractivity contribution in [3.05, 3.63) is 26.5 Å². The Balaban J connectivity index is 2.62. The highest BCUT2D eigenvalue weighted by atomic mass is 79.9. The maximum atomic E-state index is 5.23. The molecule has 0 saturated carbocycles. The summed E-state index contributed by atoms with van der Waals surface area (Å²) in [6.07, 6.45) is 1.79. The normalized spacial score (nSPS) is 11.0. The summed E-state index contributed by atoms with van der Waals surface area (Å²) in [4.78, 5) is 12.7. The van der Waals surface area contributed by atoms with E-state index in [1.54, 1.807) is 23.0 Å². The zero-order valence-electron chi connectivity index (χ0n) is 8.82. The Morgan fingerprint density at radius 3 is 2.81 bits per heavy atom. The van der Waals surface area contributed by atoms with E-state index in [1.165, 1.54) is 0 Å². The van der Waals surface area contributed by atoms with Crippen molar-refractivity contribution in [1.29, 1.82) is 0 Å². The van der Waals surface area contributed by atoms with Gasteiger partial charge in [0.15, 0.2) is 5.82 Å². The van der Waals surface area contributed by atoms with Crippen molar-refractivity contribution in [1.82, 2.24) is 15.0 Å². The minimum Gasteiger partial charge on any atom is -0.341 e. The number of rotatable bonds is 2. The molecule has 0 saturated heterocycles. The van der Waals surface area contributed by atoms with Crippen LogP contribution >= 0.6 is 39.5 Å². The Labute approximate surface area is 111 Å². The number of halogens is 1. The molecule has 16 heavy (non-hydrogen) atoms. The number of nitrogens with one attached hydrogen (secondary N) is 1. The fraction of sp³-hybridized carbons (Fsp3) is 0.300. The van der Waals surface area contributed by atoms with Crippen LogP contribution in [-0.4, -0.2) is 15.0 Å². The Morgan fingerprint density at radius 2 is 2.25 bits per heavy atom. The van der Waals surface area contributed by atoms with Gasteiger partial charge in [-0.1, -0.05) is 26.1 Å². The van der Waals surface area contributed by atoms with Crippen LogP contribution in [0.5, 0.6) is 0 Å². The van der Waals surface area contributed by atoms with E-state index in [9.17, 15) is 0 Å². The van der Waals surface area contributed by atoms with Gasteiger partial charge >= 0.3 is 0 Å². The smallest absolute Gasteiger partial charge is 0.150 e. The minimum atomic E-state index is 0.366. The lowest BCUT2D eigenvalue weighted by Gasteiger charge is -2.10. The van der Waals surface area contributed by atoms with Gasteiger partial charge in [-0.2, -0.15) is 0 Å². The van der Waals surface area contributed by atoms with E-state index in [2.05, 4.69) is 44.7 Å². The standard InChI is InChI=1S/C10H10BrN3S2/c1-5(2)8-7(11)10(15)14-9(13-8)6-3-12-4-16-6/h3-5H,1-2H3,(H,13,14,15). The van der Waals surface area contributed by atoms with E-state index in [4.69, 9.17) is 12.2 Å². The average Bonchev–Trinajstić information content (AvgIpc) is 2.74. The summed E-state index contributed by atoms with van der Waals surface area (Å²) in [6.45, 7) is 4.23. The van der Waals surface area contributed by atoms with Crippen LogP contribution < -0.4 is 0 Å². The van der Waals surface area contributed by atoms with Gasteiger partial charge in [0, 0.05) is 11.9 Å². The Kier molecular flexibility index (Phi) is 3.51. The molecule has 0 unspecified atom stereocenters. The molecule has 0 amide bonds. The first-order chi connectivity index (χ1) is 7.59. The largest absolute Gasteiger partial charge is 0.341 e. The van der Waals surface area contributed by atoms with E-state index in [0.29, 0.717) is 10.6 Å². The van der Waals surface area contributed by atoms with E-state index in [0.717, 1.165) is 20.9 Å².